The van der Waals surface area contributed by atoms with Gasteiger partial charge in [0.05, 0.1) is 5.56 Å². The highest BCUT2D eigenvalue weighted by molar-refractivity contribution is 6.30. The number of phenolic OH excluding ortho intramolecular Hbond substituents is 1. The van der Waals surface area contributed by atoms with Crippen molar-refractivity contribution >= 4 is 17.3 Å². The first-order valence-electron chi connectivity index (χ1n) is 5.07. The van der Waals surface area contributed by atoms with E-state index in [2.05, 4.69) is 0 Å². The number of halogens is 1. The molecule has 90 valence electrons. The minimum absolute atomic E-state index is 0.0695. The molecule has 3 N–H and O–H groups in total. The standard InChI is InChI=1S/C13H9ClN2O2/c14-9-4-5-11(8(6-9)7-15)18-12-3-1-2-10(17)13(12)16/h1-6,17H,16H2. The maximum Gasteiger partial charge on any atom is 0.154 e. The van der Waals surface area contributed by atoms with E-state index in [4.69, 9.17) is 27.3 Å². The first-order valence-corrected chi connectivity index (χ1v) is 5.44. The Morgan fingerprint density at radius 1 is 1.22 bits per heavy atom. The molecule has 0 radical (unpaired) electrons. The van der Waals surface area contributed by atoms with Gasteiger partial charge in [-0.05, 0) is 30.3 Å². The summed E-state index contributed by atoms with van der Waals surface area (Å²) in [5.41, 5.74) is 6.09. The largest absolute Gasteiger partial charge is 0.506 e. The smallest absolute Gasteiger partial charge is 0.154 e. The van der Waals surface area contributed by atoms with E-state index >= 15 is 0 Å². The van der Waals surface area contributed by atoms with Gasteiger partial charge in [-0.2, -0.15) is 5.26 Å². The Morgan fingerprint density at radius 3 is 2.72 bits per heavy atom. The number of nitrogens with two attached hydrogens (primary N) is 1. The van der Waals surface area contributed by atoms with Crippen molar-refractivity contribution in [1.29, 1.82) is 5.26 Å². The van der Waals surface area contributed by atoms with Gasteiger partial charge in [0.2, 0.25) is 0 Å². The van der Waals surface area contributed by atoms with Gasteiger partial charge in [-0.25, -0.2) is 0 Å². The molecule has 0 aliphatic carbocycles. The minimum atomic E-state index is -0.0695. The Morgan fingerprint density at radius 2 is 2.00 bits per heavy atom. The van der Waals surface area contributed by atoms with Gasteiger partial charge >= 0.3 is 0 Å². The number of para-hydroxylation sites is 1. The molecule has 0 heterocycles. The van der Waals surface area contributed by atoms with Crippen LogP contribution in [0.1, 0.15) is 5.56 Å². The number of hydrogen-bond acceptors (Lipinski definition) is 4. The van der Waals surface area contributed by atoms with Crippen molar-refractivity contribution in [3.05, 3.63) is 47.0 Å². The first kappa shape index (κ1) is 12.1. The van der Waals surface area contributed by atoms with E-state index in [9.17, 15) is 5.11 Å². The number of rotatable bonds is 2. The molecule has 0 saturated carbocycles. The molecule has 2 aromatic carbocycles. The number of ether oxygens (including phenoxy) is 1. The lowest BCUT2D eigenvalue weighted by molar-refractivity contribution is 0.459. The van der Waals surface area contributed by atoms with Crippen LogP contribution in [0.2, 0.25) is 5.02 Å². The lowest BCUT2D eigenvalue weighted by Crippen LogP contribution is -1.94. The number of aromatic hydroxyl groups is 1. The van der Waals surface area contributed by atoms with Crippen molar-refractivity contribution in [3.8, 4) is 23.3 Å². The van der Waals surface area contributed by atoms with Crippen LogP contribution in [-0.2, 0) is 0 Å². The number of nitrogens with zero attached hydrogens (tertiary/aromatic N) is 1. The topological polar surface area (TPSA) is 79.3 Å². The summed E-state index contributed by atoms with van der Waals surface area (Å²) < 4.78 is 5.50. The van der Waals surface area contributed by atoms with E-state index in [-0.39, 0.29) is 17.2 Å². The molecule has 0 spiro atoms. The first-order chi connectivity index (χ1) is 8.61. The van der Waals surface area contributed by atoms with Crippen LogP contribution in [0.5, 0.6) is 17.2 Å². The summed E-state index contributed by atoms with van der Waals surface area (Å²) >= 11 is 5.78. The van der Waals surface area contributed by atoms with E-state index in [0.29, 0.717) is 16.3 Å². The summed E-state index contributed by atoms with van der Waals surface area (Å²) in [6.45, 7) is 0. The van der Waals surface area contributed by atoms with Crippen LogP contribution in [-0.4, -0.2) is 5.11 Å². The molecule has 2 rings (SSSR count). The fraction of sp³-hybridized carbons (Fsp3) is 0. The molecular formula is C13H9ClN2O2. The second-order valence-corrected chi connectivity index (χ2v) is 3.98. The molecule has 0 bridgehead atoms. The number of nitriles is 1. The molecule has 0 atom stereocenters. The third-order valence-electron chi connectivity index (χ3n) is 2.33. The Kier molecular flexibility index (Phi) is 3.26. The molecule has 0 amide bonds. The fourth-order valence-electron chi connectivity index (χ4n) is 1.42. The van der Waals surface area contributed by atoms with Gasteiger partial charge < -0.3 is 15.6 Å². The zero-order chi connectivity index (χ0) is 13.1. The van der Waals surface area contributed by atoms with Gasteiger partial charge in [-0.3, -0.25) is 0 Å². The quantitative estimate of drug-likeness (QED) is 0.641. The zero-order valence-electron chi connectivity index (χ0n) is 9.22. The maximum absolute atomic E-state index is 9.46. The molecule has 5 heteroatoms. The van der Waals surface area contributed by atoms with Crippen LogP contribution in [0.15, 0.2) is 36.4 Å². The Hall–Kier alpha value is -2.38. The average molecular weight is 261 g/mol. The highest BCUT2D eigenvalue weighted by Crippen LogP contribution is 2.35. The number of anilines is 1. The predicted molar refractivity (Wildman–Crippen MR) is 68.8 cm³/mol. The average Bonchev–Trinajstić information content (AvgIpc) is 2.37. The number of benzene rings is 2. The van der Waals surface area contributed by atoms with Crippen molar-refractivity contribution in [3.63, 3.8) is 0 Å². The zero-order valence-corrected chi connectivity index (χ0v) is 9.98. The SMILES string of the molecule is N#Cc1cc(Cl)ccc1Oc1cccc(O)c1N. The number of hydrogen-bond donors (Lipinski definition) is 2. The van der Waals surface area contributed by atoms with Crippen molar-refractivity contribution in [2.75, 3.05) is 5.73 Å². The third-order valence-corrected chi connectivity index (χ3v) is 2.56. The molecule has 0 aliphatic rings. The minimum Gasteiger partial charge on any atom is -0.506 e. The van der Waals surface area contributed by atoms with E-state index in [1.165, 1.54) is 12.1 Å². The molecule has 0 unspecified atom stereocenters. The summed E-state index contributed by atoms with van der Waals surface area (Å²) in [5.74, 6) is 0.549. The van der Waals surface area contributed by atoms with Gasteiger partial charge in [0.15, 0.2) is 5.75 Å². The Labute approximate surface area is 109 Å². The Balaban J connectivity index is 2.41. The lowest BCUT2D eigenvalue weighted by atomic mass is 10.2. The summed E-state index contributed by atoms with van der Waals surface area (Å²) in [6, 6.07) is 11.3. The second kappa shape index (κ2) is 4.86. The third kappa shape index (κ3) is 2.31. The van der Waals surface area contributed by atoms with E-state index in [0.717, 1.165) is 0 Å². The molecule has 0 aromatic heterocycles. The monoisotopic (exact) mass is 260 g/mol. The van der Waals surface area contributed by atoms with Crippen LogP contribution in [0.4, 0.5) is 5.69 Å². The molecule has 2 aromatic rings. The fourth-order valence-corrected chi connectivity index (χ4v) is 1.59. The van der Waals surface area contributed by atoms with Gasteiger partial charge in [-0.1, -0.05) is 17.7 Å². The van der Waals surface area contributed by atoms with Crippen molar-refractivity contribution in [2.24, 2.45) is 0 Å². The van der Waals surface area contributed by atoms with Crippen molar-refractivity contribution < 1.29 is 9.84 Å². The highest BCUT2D eigenvalue weighted by Gasteiger charge is 2.09. The summed E-state index contributed by atoms with van der Waals surface area (Å²) in [6.07, 6.45) is 0. The van der Waals surface area contributed by atoms with E-state index in [1.54, 1.807) is 24.3 Å². The molecule has 0 aliphatic heterocycles. The normalized spacial score (nSPS) is 9.78. The molecule has 0 fully saturated rings. The maximum atomic E-state index is 9.46. The number of nitrogen functional groups attached to an aromatic ring is 1. The van der Waals surface area contributed by atoms with Gasteiger partial charge in [0, 0.05) is 5.02 Å². The van der Waals surface area contributed by atoms with E-state index < -0.39 is 0 Å². The summed E-state index contributed by atoms with van der Waals surface area (Å²) in [7, 11) is 0. The molecule has 0 saturated heterocycles. The number of phenols is 1. The highest BCUT2D eigenvalue weighted by atomic mass is 35.5. The van der Waals surface area contributed by atoms with Crippen LogP contribution in [0.3, 0.4) is 0 Å². The summed E-state index contributed by atoms with van der Waals surface area (Å²) in [5, 5.41) is 18.9. The van der Waals surface area contributed by atoms with Crippen molar-refractivity contribution in [1.82, 2.24) is 0 Å². The van der Waals surface area contributed by atoms with Crippen molar-refractivity contribution in [2.45, 2.75) is 0 Å². The Bertz CT molecular complexity index is 635. The molecular weight excluding hydrogens is 252 g/mol. The van der Waals surface area contributed by atoms with Crippen LogP contribution < -0.4 is 10.5 Å². The second-order valence-electron chi connectivity index (χ2n) is 3.54. The van der Waals surface area contributed by atoms with Gasteiger partial charge in [0.1, 0.15) is 23.3 Å². The van der Waals surface area contributed by atoms with Crippen LogP contribution in [0.25, 0.3) is 0 Å². The molecule has 18 heavy (non-hydrogen) atoms. The lowest BCUT2D eigenvalue weighted by Gasteiger charge is -2.10. The van der Waals surface area contributed by atoms with Crippen LogP contribution in [0, 0.1) is 11.3 Å². The summed E-state index contributed by atoms with van der Waals surface area (Å²) in [4.78, 5) is 0. The predicted octanol–water partition coefficient (Wildman–Crippen LogP) is 3.29. The van der Waals surface area contributed by atoms with Gasteiger partial charge in [-0.15, -0.1) is 0 Å². The molecule has 4 nitrogen and oxygen atoms in total. The van der Waals surface area contributed by atoms with E-state index in [1.807, 2.05) is 6.07 Å². The van der Waals surface area contributed by atoms with Crippen LogP contribution >= 0.6 is 11.6 Å². The van der Waals surface area contributed by atoms with Gasteiger partial charge in [0.25, 0.3) is 0 Å².